The third-order valence-corrected chi connectivity index (χ3v) is 5.30. The van der Waals surface area contributed by atoms with Gasteiger partial charge in [-0.05, 0) is 55.6 Å². The molecule has 2 heteroatoms. The molecule has 0 amide bonds. The van der Waals surface area contributed by atoms with E-state index in [0.29, 0.717) is 5.92 Å². The van der Waals surface area contributed by atoms with Crippen molar-refractivity contribution < 1.29 is 5.11 Å². The van der Waals surface area contributed by atoms with E-state index >= 15 is 0 Å². The first-order chi connectivity index (χ1) is 9.24. The van der Waals surface area contributed by atoms with Gasteiger partial charge in [0.2, 0.25) is 0 Å². The van der Waals surface area contributed by atoms with Crippen LogP contribution < -0.4 is 0 Å². The molecule has 2 aliphatic carbocycles. The molecule has 0 spiro atoms. The predicted molar refractivity (Wildman–Crippen MR) is 76.7 cm³/mol. The molecule has 19 heavy (non-hydrogen) atoms. The van der Waals surface area contributed by atoms with Crippen LogP contribution in [-0.4, -0.2) is 10.1 Å². The molecule has 4 atom stereocenters. The first-order valence-electron chi connectivity index (χ1n) is 7.84. The number of aromatic nitrogens is 1. The van der Waals surface area contributed by atoms with Crippen molar-refractivity contribution in [2.75, 3.05) is 0 Å². The highest BCUT2D eigenvalue weighted by Gasteiger charge is 2.35. The number of aliphatic hydroxyl groups is 1. The number of fused-ring (bicyclic) bond motifs is 1. The average Bonchev–Trinajstić information content (AvgIpc) is 2.47. The summed E-state index contributed by atoms with van der Waals surface area (Å²) in [6, 6.07) is 4.05. The summed E-state index contributed by atoms with van der Waals surface area (Å²) in [5, 5.41) is 10.6. The Kier molecular flexibility index (Phi) is 3.88. The fourth-order valence-corrected chi connectivity index (χ4v) is 4.12. The van der Waals surface area contributed by atoms with E-state index in [9.17, 15) is 5.11 Å². The lowest BCUT2D eigenvalue weighted by atomic mass is 9.66. The molecule has 0 bridgehead atoms. The van der Waals surface area contributed by atoms with Crippen molar-refractivity contribution in [1.82, 2.24) is 4.98 Å². The van der Waals surface area contributed by atoms with Gasteiger partial charge in [0.25, 0.3) is 0 Å². The van der Waals surface area contributed by atoms with Crippen molar-refractivity contribution in [3.8, 4) is 0 Å². The molecule has 1 N–H and O–H groups in total. The van der Waals surface area contributed by atoms with Crippen LogP contribution in [0.2, 0.25) is 0 Å². The maximum Gasteiger partial charge on any atom is 0.0833 e. The Labute approximate surface area is 116 Å². The number of hydrogen-bond acceptors (Lipinski definition) is 2. The first kappa shape index (κ1) is 13.1. The molecule has 0 radical (unpaired) electrons. The molecular weight excluding hydrogens is 234 g/mol. The summed E-state index contributed by atoms with van der Waals surface area (Å²) in [7, 11) is 0. The van der Waals surface area contributed by atoms with E-state index in [2.05, 4.69) is 4.98 Å². The number of aliphatic hydroxyl groups excluding tert-OH is 1. The lowest BCUT2D eigenvalue weighted by Crippen LogP contribution is -2.30. The second kappa shape index (κ2) is 5.62. The zero-order valence-corrected chi connectivity index (χ0v) is 11.9. The van der Waals surface area contributed by atoms with Crippen LogP contribution in [0.25, 0.3) is 0 Å². The second-order valence-corrected chi connectivity index (χ2v) is 6.56. The Morgan fingerprint density at radius 2 is 1.89 bits per heavy atom. The average molecular weight is 259 g/mol. The van der Waals surface area contributed by atoms with Gasteiger partial charge in [0, 0.05) is 11.9 Å². The molecular formula is C17H25NO. The van der Waals surface area contributed by atoms with Gasteiger partial charge in [-0.3, -0.25) is 4.98 Å². The smallest absolute Gasteiger partial charge is 0.0833 e. The molecule has 2 saturated carbocycles. The van der Waals surface area contributed by atoms with Crippen LogP contribution in [0.1, 0.15) is 62.3 Å². The third-order valence-electron chi connectivity index (χ3n) is 5.30. The Bertz CT molecular complexity index is 414. The number of hydrogen-bond donors (Lipinski definition) is 1. The Balaban J connectivity index is 1.67. The molecule has 2 nitrogen and oxygen atoms in total. The van der Waals surface area contributed by atoms with Crippen LogP contribution in [0.4, 0.5) is 0 Å². The number of pyridine rings is 1. The van der Waals surface area contributed by atoms with Crippen molar-refractivity contribution in [3.63, 3.8) is 0 Å². The number of aryl methyl sites for hydroxylation is 1. The summed E-state index contributed by atoms with van der Waals surface area (Å²) in [6.45, 7) is 1.99. The highest BCUT2D eigenvalue weighted by molar-refractivity contribution is 5.16. The van der Waals surface area contributed by atoms with Crippen molar-refractivity contribution in [3.05, 3.63) is 29.6 Å². The topological polar surface area (TPSA) is 33.1 Å². The molecule has 2 fully saturated rings. The predicted octanol–water partition coefficient (Wildman–Crippen LogP) is 4.03. The fourth-order valence-electron chi connectivity index (χ4n) is 4.12. The minimum Gasteiger partial charge on any atom is -0.388 e. The quantitative estimate of drug-likeness (QED) is 0.870. The van der Waals surface area contributed by atoms with Crippen molar-refractivity contribution in [1.29, 1.82) is 0 Å². The lowest BCUT2D eigenvalue weighted by molar-refractivity contribution is 0.0347. The zero-order chi connectivity index (χ0) is 13.2. The van der Waals surface area contributed by atoms with Crippen LogP contribution in [0.3, 0.4) is 0 Å². The molecule has 0 aromatic carbocycles. The summed E-state index contributed by atoms with van der Waals surface area (Å²) >= 11 is 0. The van der Waals surface area contributed by atoms with Gasteiger partial charge in [0.1, 0.15) is 0 Å². The summed E-state index contributed by atoms with van der Waals surface area (Å²) in [6.07, 6.45) is 10.9. The van der Waals surface area contributed by atoms with Crippen LogP contribution in [0, 0.1) is 24.7 Å². The van der Waals surface area contributed by atoms with Gasteiger partial charge in [0.15, 0.2) is 0 Å². The summed E-state index contributed by atoms with van der Waals surface area (Å²) in [4.78, 5) is 4.32. The van der Waals surface area contributed by atoms with E-state index in [-0.39, 0.29) is 6.10 Å². The summed E-state index contributed by atoms with van der Waals surface area (Å²) in [5.41, 5.74) is 2.02. The van der Waals surface area contributed by atoms with Crippen molar-refractivity contribution >= 4 is 0 Å². The van der Waals surface area contributed by atoms with Crippen molar-refractivity contribution in [2.24, 2.45) is 17.8 Å². The molecule has 3 rings (SSSR count). The molecule has 1 aromatic heterocycles. The first-order valence-corrected chi connectivity index (χ1v) is 7.84. The molecule has 104 valence electrons. The van der Waals surface area contributed by atoms with Gasteiger partial charge in [0.05, 0.1) is 6.10 Å². The monoisotopic (exact) mass is 259 g/mol. The maximum absolute atomic E-state index is 10.6. The minimum absolute atomic E-state index is 0.309. The SMILES string of the molecule is Cc1ccc(C(O)C2CCC3CCCCC3C2)cn1. The zero-order valence-electron chi connectivity index (χ0n) is 11.9. The Morgan fingerprint density at radius 1 is 1.11 bits per heavy atom. The van der Waals surface area contributed by atoms with Crippen LogP contribution in [-0.2, 0) is 0 Å². The van der Waals surface area contributed by atoms with E-state index in [1.54, 1.807) is 0 Å². The minimum atomic E-state index is -0.309. The van der Waals surface area contributed by atoms with Gasteiger partial charge >= 0.3 is 0 Å². The van der Waals surface area contributed by atoms with Gasteiger partial charge in [-0.15, -0.1) is 0 Å². The second-order valence-electron chi connectivity index (χ2n) is 6.56. The fraction of sp³-hybridized carbons (Fsp3) is 0.706. The third kappa shape index (κ3) is 2.84. The largest absolute Gasteiger partial charge is 0.388 e. The highest BCUT2D eigenvalue weighted by atomic mass is 16.3. The van der Waals surface area contributed by atoms with Gasteiger partial charge in [-0.1, -0.05) is 31.7 Å². The van der Waals surface area contributed by atoms with Crippen molar-refractivity contribution in [2.45, 2.75) is 58.0 Å². The molecule has 0 aliphatic heterocycles. The summed E-state index contributed by atoms with van der Waals surface area (Å²) < 4.78 is 0. The number of rotatable bonds is 2. The molecule has 0 saturated heterocycles. The molecule has 1 heterocycles. The van der Waals surface area contributed by atoms with E-state index in [0.717, 1.165) is 23.1 Å². The molecule has 2 aliphatic rings. The lowest BCUT2D eigenvalue weighted by Gasteiger charge is -2.40. The van der Waals surface area contributed by atoms with Crippen LogP contribution in [0.15, 0.2) is 18.3 Å². The van der Waals surface area contributed by atoms with Gasteiger partial charge in [-0.2, -0.15) is 0 Å². The van der Waals surface area contributed by atoms with E-state index < -0.39 is 0 Å². The van der Waals surface area contributed by atoms with Crippen LogP contribution in [0.5, 0.6) is 0 Å². The van der Waals surface area contributed by atoms with E-state index in [1.807, 2.05) is 25.3 Å². The highest BCUT2D eigenvalue weighted by Crippen LogP contribution is 2.45. The summed E-state index contributed by atoms with van der Waals surface area (Å²) in [5.74, 6) is 2.28. The Hall–Kier alpha value is -0.890. The molecule has 4 unspecified atom stereocenters. The normalized spacial score (nSPS) is 32.6. The van der Waals surface area contributed by atoms with Gasteiger partial charge < -0.3 is 5.11 Å². The van der Waals surface area contributed by atoms with Gasteiger partial charge in [-0.25, -0.2) is 0 Å². The standard InChI is InChI=1S/C17H25NO/c1-12-6-7-16(11-18-12)17(19)15-9-8-13-4-2-3-5-14(13)10-15/h6-7,11,13-15,17,19H,2-5,8-10H2,1H3. The molecule has 1 aromatic rings. The number of nitrogens with zero attached hydrogens (tertiary/aromatic N) is 1. The van der Waals surface area contributed by atoms with Crippen LogP contribution >= 0.6 is 0 Å². The van der Waals surface area contributed by atoms with E-state index in [4.69, 9.17) is 0 Å². The van der Waals surface area contributed by atoms with E-state index in [1.165, 1.54) is 44.9 Å². The Morgan fingerprint density at radius 3 is 2.63 bits per heavy atom. The maximum atomic E-state index is 10.6.